The molecule has 2 atom stereocenters. The van der Waals surface area contributed by atoms with Crippen LogP contribution in [0, 0.1) is 6.92 Å². The summed E-state index contributed by atoms with van der Waals surface area (Å²) in [7, 11) is 0. The molecule has 1 aromatic rings. The average Bonchev–Trinajstić information content (AvgIpc) is 2.40. The van der Waals surface area contributed by atoms with Gasteiger partial charge in [-0.1, -0.05) is 13.3 Å². The first-order valence-corrected chi connectivity index (χ1v) is 7.74. The van der Waals surface area contributed by atoms with Crippen molar-refractivity contribution in [1.82, 2.24) is 15.0 Å². The number of aryl methyl sites for hydroxylation is 1. The van der Waals surface area contributed by atoms with Gasteiger partial charge in [-0.25, -0.2) is 9.99 Å². The van der Waals surface area contributed by atoms with Gasteiger partial charge in [-0.3, -0.25) is 0 Å². The van der Waals surface area contributed by atoms with Crippen molar-refractivity contribution in [2.75, 3.05) is 17.3 Å². The molecule has 0 aliphatic carbocycles. The molecule has 5 nitrogen and oxygen atoms in total. The van der Waals surface area contributed by atoms with E-state index in [1.165, 1.54) is 19.3 Å². The number of hydrogen-bond donors (Lipinski definition) is 2. The summed E-state index contributed by atoms with van der Waals surface area (Å²) in [6, 6.07) is 3.09. The van der Waals surface area contributed by atoms with Crippen molar-refractivity contribution in [3.8, 4) is 0 Å². The Kier molecular flexibility index (Phi) is 5.17. The van der Waals surface area contributed by atoms with E-state index in [9.17, 15) is 0 Å². The first kappa shape index (κ1) is 15.0. The molecule has 0 saturated carbocycles. The van der Waals surface area contributed by atoms with Crippen molar-refractivity contribution in [3.63, 3.8) is 0 Å². The van der Waals surface area contributed by atoms with Crippen LogP contribution in [0.2, 0.25) is 0 Å². The maximum atomic E-state index is 4.56. The Morgan fingerprint density at radius 2 is 1.95 bits per heavy atom. The third kappa shape index (κ3) is 3.82. The maximum absolute atomic E-state index is 4.56. The summed E-state index contributed by atoms with van der Waals surface area (Å²) >= 11 is 0. The fraction of sp³-hybridized carbons (Fsp3) is 0.733. The van der Waals surface area contributed by atoms with E-state index >= 15 is 0 Å². The largest absolute Gasteiger partial charge is 0.354 e. The van der Waals surface area contributed by atoms with E-state index in [1.807, 2.05) is 13.0 Å². The Labute approximate surface area is 122 Å². The molecule has 112 valence electrons. The average molecular weight is 277 g/mol. The van der Waals surface area contributed by atoms with Gasteiger partial charge in [0, 0.05) is 30.4 Å². The molecule has 2 heterocycles. The normalized spacial score (nSPS) is 23.6. The Morgan fingerprint density at radius 3 is 2.60 bits per heavy atom. The molecule has 0 spiro atoms. The Bertz CT molecular complexity index is 424. The lowest BCUT2D eigenvalue weighted by Gasteiger charge is -2.39. The van der Waals surface area contributed by atoms with Gasteiger partial charge < -0.3 is 10.7 Å². The van der Waals surface area contributed by atoms with Crippen LogP contribution < -0.4 is 10.7 Å². The standard InChI is InChI=1S/C15H27N5/c1-5-9-16-15-17-11(2)10-14(18-15)19-20-12(3)7-6-8-13(20)4/h10,12-13H,5-9H2,1-4H3,(H2,16,17,18,19). The van der Waals surface area contributed by atoms with Gasteiger partial charge in [0.2, 0.25) is 5.95 Å². The Hall–Kier alpha value is -1.36. The lowest BCUT2D eigenvalue weighted by Crippen LogP contribution is -2.47. The van der Waals surface area contributed by atoms with Crippen LogP contribution in [0.5, 0.6) is 0 Å². The molecule has 0 bridgehead atoms. The fourth-order valence-corrected chi connectivity index (χ4v) is 2.72. The topological polar surface area (TPSA) is 53.1 Å². The van der Waals surface area contributed by atoms with Gasteiger partial charge in [-0.05, 0) is 40.0 Å². The molecule has 1 fully saturated rings. The molecule has 2 N–H and O–H groups in total. The van der Waals surface area contributed by atoms with Gasteiger partial charge in [0.25, 0.3) is 0 Å². The number of nitrogens with one attached hydrogen (secondary N) is 2. The molecular formula is C15H27N5. The predicted molar refractivity (Wildman–Crippen MR) is 83.8 cm³/mol. The first-order chi connectivity index (χ1) is 9.60. The summed E-state index contributed by atoms with van der Waals surface area (Å²) in [5.74, 6) is 1.60. The van der Waals surface area contributed by atoms with Crippen molar-refractivity contribution in [2.24, 2.45) is 0 Å². The molecule has 20 heavy (non-hydrogen) atoms. The summed E-state index contributed by atoms with van der Waals surface area (Å²) in [5.41, 5.74) is 4.46. The lowest BCUT2D eigenvalue weighted by molar-refractivity contribution is 0.135. The number of piperidine rings is 1. The number of anilines is 2. The summed E-state index contributed by atoms with van der Waals surface area (Å²) in [6.07, 6.45) is 4.86. The molecule has 0 aromatic carbocycles. The van der Waals surface area contributed by atoms with Crippen LogP contribution in [0.3, 0.4) is 0 Å². The van der Waals surface area contributed by atoms with E-state index in [0.717, 1.165) is 24.5 Å². The molecule has 2 rings (SSSR count). The number of rotatable bonds is 5. The van der Waals surface area contributed by atoms with Crippen LogP contribution in [-0.4, -0.2) is 33.6 Å². The van der Waals surface area contributed by atoms with Crippen molar-refractivity contribution in [1.29, 1.82) is 0 Å². The second-order valence-corrected chi connectivity index (χ2v) is 5.79. The summed E-state index contributed by atoms with van der Waals surface area (Å²) in [6.45, 7) is 9.59. The molecule has 2 unspecified atom stereocenters. The first-order valence-electron chi connectivity index (χ1n) is 7.74. The Balaban J connectivity index is 2.09. The maximum Gasteiger partial charge on any atom is 0.224 e. The van der Waals surface area contributed by atoms with E-state index in [-0.39, 0.29) is 0 Å². The number of nitrogens with zero attached hydrogens (tertiary/aromatic N) is 3. The number of hydrogen-bond acceptors (Lipinski definition) is 5. The van der Waals surface area contributed by atoms with Crippen LogP contribution in [-0.2, 0) is 0 Å². The minimum absolute atomic E-state index is 0.543. The zero-order valence-corrected chi connectivity index (χ0v) is 13.1. The highest BCUT2D eigenvalue weighted by Gasteiger charge is 2.25. The van der Waals surface area contributed by atoms with Gasteiger partial charge >= 0.3 is 0 Å². The SMILES string of the molecule is CCCNc1nc(C)cc(NN2C(C)CCCC2C)n1. The molecule has 1 aliphatic rings. The van der Waals surface area contributed by atoms with Crippen LogP contribution in [0.15, 0.2) is 6.07 Å². The molecule has 5 heteroatoms. The monoisotopic (exact) mass is 277 g/mol. The van der Waals surface area contributed by atoms with Crippen LogP contribution >= 0.6 is 0 Å². The molecule has 1 aromatic heterocycles. The zero-order valence-electron chi connectivity index (χ0n) is 13.1. The van der Waals surface area contributed by atoms with E-state index in [4.69, 9.17) is 0 Å². The molecule has 0 amide bonds. The van der Waals surface area contributed by atoms with Gasteiger partial charge in [-0.2, -0.15) is 4.98 Å². The lowest BCUT2D eigenvalue weighted by atomic mass is 10.00. The van der Waals surface area contributed by atoms with E-state index in [1.54, 1.807) is 0 Å². The molecule has 1 saturated heterocycles. The highest BCUT2D eigenvalue weighted by atomic mass is 15.5. The minimum Gasteiger partial charge on any atom is -0.354 e. The van der Waals surface area contributed by atoms with Crippen molar-refractivity contribution in [2.45, 2.75) is 65.5 Å². The van der Waals surface area contributed by atoms with Gasteiger partial charge in [0.05, 0.1) is 0 Å². The summed E-state index contributed by atoms with van der Waals surface area (Å²) < 4.78 is 0. The van der Waals surface area contributed by atoms with Gasteiger partial charge in [0.15, 0.2) is 0 Å². The molecular weight excluding hydrogens is 250 g/mol. The highest BCUT2D eigenvalue weighted by molar-refractivity contribution is 5.41. The van der Waals surface area contributed by atoms with Crippen molar-refractivity contribution < 1.29 is 0 Å². The van der Waals surface area contributed by atoms with Crippen LogP contribution in [0.4, 0.5) is 11.8 Å². The predicted octanol–water partition coefficient (Wildman–Crippen LogP) is 3.20. The van der Waals surface area contributed by atoms with E-state index in [0.29, 0.717) is 18.0 Å². The Morgan fingerprint density at radius 1 is 1.25 bits per heavy atom. The zero-order chi connectivity index (χ0) is 14.5. The minimum atomic E-state index is 0.543. The smallest absolute Gasteiger partial charge is 0.224 e. The van der Waals surface area contributed by atoms with Crippen molar-refractivity contribution >= 4 is 11.8 Å². The van der Waals surface area contributed by atoms with Gasteiger partial charge in [-0.15, -0.1) is 0 Å². The summed E-state index contributed by atoms with van der Waals surface area (Å²) in [5, 5.41) is 5.58. The second kappa shape index (κ2) is 6.88. The third-order valence-corrected chi connectivity index (χ3v) is 3.82. The van der Waals surface area contributed by atoms with E-state index < -0.39 is 0 Å². The third-order valence-electron chi connectivity index (χ3n) is 3.82. The number of hydrazine groups is 1. The quantitative estimate of drug-likeness (QED) is 0.865. The van der Waals surface area contributed by atoms with Crippen LogP contribution in [0.25, 0.3) is 0 Å². The van der Waals surface area contributed by atoms with Crippen molar-refractivity contribution in [3.05, 3.63) is 11.8 Å². The van der Waals surface area contributed by atoms with Gasteiger partial charge in [0.1, 0.15) is 5.82 Å². The number of aromatic nitrogens is 2. The van der Waals surface area contributed by atoms with E-state index in [2.05, 4.69) is 46.5 Å². The summed E-state index contributed by atoms with van der Waals surface area (Å²) in [4.78, 5) is 8.98. The molecule has 0 radical (unpaired) electrons. The highest BCUT2D eigenvalue weighted by Crippen LogP contribution is 2.23. The molecule has 1 aliphatic heterocycles. The van der Waals surface area contributed by atoms with Crippen LogP contribution in [0.1, 0.15) is 52.1 Å². The fourth-order valence-electron chi connectivity index (χ4n) is 2.72. The second-order valence-electron chi connectivity index (χ2n) is 5.79.